The zero-order valence-electron chi connectivity index (χ0n) is 7.80. The average molecular weight is 232 g/mol. The summed E-state index contributed by atoms with van der Waals surface area (Å²) in [7, 11) is -2.95. The molecule has 14 heavy (non-hydrogen) atoms. The van der Waals surface area contributed by atoms with Crippen LogP contribution in [0.3, 0.4) is 0 Å². The first-order valence-electron chi connectivity index (χ1n) is 4.03. The number of sulfone groups is 1. The molecule has 0 saturated carbocycles. The van der Waals surface area contributed by atoms with E-state index in [0.29, 0.717) is 12.2 Å². The quantitative estimate of drug-likeness (QED) is 0.751. The van der Waals surface area contributed by atoms with Crippen molar-refractivity contribution in [1.29, 1.82) is 0 Å². The molecule has 0 aliphatic heterocycles. The van der Waals surface area contributed by atoms with E-state index in [4.69, 9.17) is 18.0 Å². The number of aryl methyl sites for hydroxylation is 1. The Kier molecular flexibility index (Phi) is 3.28. The summed E-state index contributed by atoms with van der Waals surface area (Å²) in [5.41, 5.74) is 6.16. The summed E-state index contributed by atoms with van der Waals surface area (Å²) >= 11 is 4.82. The first-order valence-corrected chi connectivity index (χ1v) is 6.50. The molecule has 78 valence electrons. The van der Waals surface area contributed by atoms with Crippen molar-refractivity contribution in [2.45, 2.75) is 6.54 Å². The summed E-state index contributed by atoms with van der Waals surface area (Å²) in [5, 5.41) is 0. The van der Waals surface area contributed by atoms with Gasteiger partial charge in [-0.2, -0.15) is 0 Å². The van der Waals surface area contributed by atoms with Gasteiger partial charge in [-0.3, -0.25) is 0 Å². The van der Waals surface area contributed by atoms with Gasteiger partial charge in [0.25, 0.3) is 0 Å². The molecule has 1 rings (SSSR count). The van der Waals surface area contributed by atoms with Gasteiger partial charge in [0.1, 0.15) is 14.8 Å². The van der Waals surface area contributed by atoms with Crippen molar-refractivity contribution in [3.63, 3.8) is 0 Å². The fourth-order valence-electron chi connectivity index (χ4n) is 1.10. The van der Waals surface area contributed by atoms with Crippen LogP contribution in [-0.4, -0.2) is 30.0 Å². The largest absolute Gasteiger partial charge is 0.388 e. The molecule has 0 atom stereocenters. The van der Waals surface area contributed by atoms with Crippen molar-refractivity contribution < 1.29 is 8.42 Å². The lowest BCUT2D eigenvalue weighted by atomic mass is 10.4. The molecule has 0 bridgehead atoms. The van der Waals surface area contributed by atoms with Crippen molar-refractivity contribution in [3.05, 3.63) is 24.0 Å². The Labute approximate surface area is 88.6 Å². The van der Waals surface area contributed by atoms with Gasteiger partial charge >= 0.3 is 0 Å². The molecule has 0 aliphatic carbocycles. The van der Waals surface area contributed by atoms with Crippen LogP contribution in [-0.2, 0) is 16.4 Å². The third-order valence-electron chi connectivity index (χ3n) is 1.78. The maximum Gasteiger partial charge on any atom is 0.149 e. The normalized spacial score (nSPS) is 11.5. The fraction of sp³-hybridized carbons (Fsp3) is 0.375. The molecule has 0 aliphatic rings. The van der Waals surface area contributed by atoms with Gasteiger partial charge in [0.05, 0.1) is 11.4 Å². The van der Waals surface area contributed by atoms with E-state index < -0.39 is 9.84 Å². The lowest BCUT2D eigenvalue weighted by molar-refractivity contribution is 0.594. The molecule has 0 spiro atoms. The Balaban J connectivity index is 2.77. The molecule has 2 N–H and O–H groups in total. The van der Waals surface area contributed by atoms with Crippen LogP contribution >= 0.6 is 12.2 Å². The first kappa shape index (κ1) is 11.2. The first-order chi connectivity index (χ1) is 6.40. The molecule has 0 fully saturated rings. The molecule has 1 aromatic rings. The molecule has 1 aromatic heterocycles. The molecule has 0 radical (unpaired) electrons. The highest BCUT2D eigenvalue weighted by Crippen LogP contribution is 2.02. The van der Waals surface area contributed by atoms with E-state index in [9.17, 15) is 8.42 Å². The SMILES string of the molecule is CS(=O)(=O)CCn1cccc1C(N)=S. The topological polar surface area (TPSA) is 65.1 Å². The predicted molar refractivity (Wildman–Crippen MR) is 60.0 cm³/mol. The minimum absolute atomic E-state index is 0.0945. The average Bonchev–Trinajstić information content (AvgIpc) is 2.46. The Morgan fingerprint density at radius 2 is 2.29 bits per heavy atom. The van der Waals surface area contributed by atoms with Crippen molar-refractivity contribution in [2.24, 2.45) is 5.73 Å². The third kappa shape index (κ3) is 3.12. The van der Waals surface area contributed by atoms with Crippen LogP contribution in [0, 0.1) is 0 Å². The molecule has 0 saturated heterocycles. The number of rotatable bonds is 4. The van der Waals surface area contributed by atoms with Crippen LogP contribution in [0.2, 0.25) is 0 Å². The smallest absolute Gasteiger partial charge is 0.149 e. The highest BCUT2D eigenvalue weighted by atomic mass is 32.2. The minimum atomic E-state index is -2.95. The van der Waals surface area contributed by atoms with Gasteiger partial charge in [0.2, 0.25) is 0 Å². The van der Waals surface area contributed by atoms with Crippen molar-refractivity contribution in [1.82, 2.24) is 4.57 Å². The Morgan fingerprint density at radius 1 is 1.64 bits per heavy atom. The van der Waals surface area contributed by atoms with E-state index in [-0.39, 0.29) is 10.7 Å². The number of nitrogens with zero attached hydrogens (tertiary/aromatic N) is 1. The van der Waals surface area contributed by atoms with Gasteiger partial charge < -0.3 is 10.3 Å². The summed E-state index contributed by atoms with van der Waals surface area (Å²) in [5.74, 6) is 0.0945. The molecular weight excluding hydrogens is 220 g/mol. The van der Waals surface area contributed by atoms with E-state index in [1.807, 2.05) is 0 Å². The number of hydrogen-bond donors (Lipinski definition) is 1. The van der Waals surface area contributed by atoms with Gasteiger partial charge in [-0.1, -0.05) is 12.2 Å². The Morgan fingerprint density at radius 3 is 2.79 bits per heavy atom. The number of aromatic nitrogens is 1. The van der Waals surface area contributed by atoms with E-state index in [1.165, 1.54) is 6.26 Å². The predicted octanol–water partition coefficient (Wildman–Crippen LogP) is 0.167. The van der Waals surface area contributed by atoms with Crippen molar-refractivity contribution >= 4 is 27.0 Å². The van der Waals surface area contributed by atoms with Gasteiger partial charge in [0, 0.05) is 19.0 Å². The fourth-order valence-corrected chi connectivity index (χ4v) is 1.81. The highest BCUT2D eigenvalue weighted by Gasteiger charge is 2.06. The van der Waals surface area contributed by atoms with Crippen LogP contribution in [0.4, 0.5) is 0 Å². The summed E-state index contributed by atoms with van der Waals surface area (Å²) in [6.07, 6.45) is 2.97. The standard InChI is InChI=1S/C8H12N2O2S2/c1-14(11,12)6-5-10-4-2-3-7(10)8(9)13/h2-4H,5-6H2,1H3,(H2,9,13). The lowest BCUT2D eigenvalue weighted by Crippen LogP contribution is -2.18. The van der Waals surface area contributed by atoms with Crippen molar-refractivity contribution in [2.75, 3.05) is 12.0 Å². The monoisotopic (exact) mass is 232 g/mol. The second kappa shape index (κ2) is 4.10. The van der Waals surface area contributed by atoms with E-state index in [2.05, 4.69) is 0 Å². The third-order valence-corrected chi connectivity index (χ3v) is 2.92. The molecule has 0 unspecified atom stereocenters. The minimum Gasteiger partial charge on any atom is -0.388 e. The molecule has 0 amide bonds. The van der Waals surface area contributed by atoms with Crippen molar-refractivity contribution in [3.8, 4) is 0 Å². The van der Waals surface area contributed by atoms with E-state index >= 15 is 0 Å². The van der Waals surface area contributed by atoms with Gasteiger partial charge in [-0.25, -0.2) is 8.42 Å². The maximum atomic E-state index is 10.9. The van der Waals surface area contributed by atoms with Crippen LogP contribution in [0.5, 0.6) is 0 Å². The Hall–Kier alpha value is -0.880. The summed E-state index contributed by atoms with van der Waals surface area (Å²) in [6.45, 7) is 0.387. The molecule has 1 heterocycles. The van der Waals surface area contributed by atoms with Gasteiger partial charge in [-0.05, 0) is 12.1 Å². The van der Waals surface area contributed by atoms with Gasteiger partial charge in [-0.15, -0.1) is 0 Å². The summed E-state index contributed by atoms with van der Waals surface area (Å²) < 4.78 is 23.6. The molecule has 6 heteroatoms. The van der Waals surface area contributed by atoms with Crippen LogP contribution in [0.1, 0.15) is 5.69 Å². The molecule has 0 aromatic carbocycles. The zero-order chi connectivity index (χ0) is 10.8. The van der Waals surface area contributed by atoms with E-state index in [1.54, 1.807) is 22.9 Å². The second-order valence-electron chi connectivity index (χ2n) is 3.08. The second-order valence-corrected chi connectivity index (χ2v) is 5.78. The van der Waals surface area contributed by atoms with Gasteiger partial charge in [0.15, 0.2) is 0 Å². The zero-order valence-corrected chi connectivity index (χ0v) is 9.44. The molecule has 4 nitrogen and oxygen atoms in total. The summed E-state index contributed by atoms with van der Waals surface area (Å²) in [4.78, 5) is 0.281. The number of thiocarbonyl (C=S) groups is 1. The highest BCUT2D eigenvalue weighted by molar-refractivity contribution is 7.90. The maximum absolute atomic E-state index is 10.9. The number of hydrogen-bond acceptors (Lipinski definition) is 3. The van der Waals surface area contributed by atoms with Crippen LogP contribution in [0.15, 0.2) is 18.3 Å². The Bertz CT molecular complexity index is 434. The van der Waals surface area contributed by atoms with Crippen LogP contribution < -0.4 is 5.73 Å². The summed E-state index contributed by atoms with van der Waals surface area (Å²) in [6, 6.07) is 3.56. The molecular formula is C8H12N2O2S2. The number of nitrogens with two attached hydrogens (primary N) is 1. The van der Waals surface area contributed by atoms with Crippen LogP contribution in [0.25, 0.3) is 0 Å². The van der Waals surface area contributed by atoms with E-state index in [0.717, 1.165) is 0 Å². The lowest BCUT2D eigenvalue weighted by Gasteiger charge is -2.06.